The molecule has 0 aliphatic carbocycles. The first-order valence-corrected chi connectivity index (χ1v) is 11.4. The summed E-state index contributed by atoms with van der Waals surface area (Å²) in [6.45, 7) is 1.65. The molecule has 2 aliphatic heterocycles. The second kappa shape index (κ2) is 7.28. The van der Waals surface area contributed by atoms with Crippen molar-refractivity contribution in [3.8, 4) is 0 Å². The number of alkyl halides is 2. The van der Waals surface area contributed by atoms with Crippen molar-refractivity contribution in [3.63, 3.8) is 0 Å². The molecule has 0 radical (unpaired) electrons. The number of rotatable bonds is 2. The van der Waals surface area contributed by atoms with Crippen molar-refractivity contribution in [2.45, 2.75) is 19.5 Å². The molecule has 0 saturated carbocycles. The maximum Gasteiger partial charge on any atom is 0.280 e. The first-order valence-electron chi connectivity index (χ1n) is 10.2. The number of anilines is 2. The summed E-state index contributed by atoms with van der Waals surface area (Å²) in [4.78, 5) is 34.8. The molecular formula is C24H13ClF3N3O2S. The lowest BCUT2D eigenvalue weighted by atomic mass is 10.0. The molecule has 4 heterocycles. The summed E-state index contributed by atoms with van der Waals surface area (Å²) in [5.74, 6) is -1.43. The average molecular weight is 500 g/mol. The maximum absolute atomic E-state index is 13.9. The van der Waals surface area contributed by atoms with E-state index in [1.165, 1.54) is 28.0 Å². The van der Waals surface area contributed by atoms with Crippen molar-refractivity contribution in [2.24, 2.45) is 0 Å². The Labute approximate surface area is 200 Å². The fourth-order valence-electron chi connectivity index (χ4n) is 4.66. The molecule has 0 unspecified atom stereocenters. The summed E-state index contributed by atoms with van der Waals surface area (Å²) in [7, 11) is 0. The highest BCUT2D eigenvalue weighted by Crippen LogP contribution is 2.52. The number of carbonyl (C=O) groups excluding carboxylic acids is 2. The van der Waals surface area contributed by atoms with Gasteiger partial charge in [-0.3, -0.25) is 19.4 Å². The molecule has 2 aliphatic rings. The van der Waals surface area contributed by atoms with Gasteiger partial charge in [0.15, 0.2) is 0 Å². The fourth-order valence-corrected chi connectivity index (χ4v) is 6.03. The number of aromatic nitrogens is 1. The lowest BCUT2D eigenvalue weighted by Gasteiger charge is -2.39. The quantitative estimate of drug-likeness (QED) is 0.310. The molecule has 2 amide bonds. The van der Waals surface area contributed by atoms with Gasteiger partial charge in [0.25, 0.3) is 18.2 Å². The SMILES string of the molecule is Cc1cc(C(F)F)nc2sc3c(c12)N1C(=O)c2ccccc2[C@H]1N(c1ccc(F)c(Cl)c1)C3=O. The number of hydrogen-bond acceptors (Lipinski definition) is 4. The van der Waals surface area contributed by atoms with Gasteiger partial charge in [-0.05, 0) is 42.8 Å². The second-order valence-electron chi connectivity index (χ2n) is 8.03. The number of pyridine rings is 1. The van der Waals surface area contributed by atoms with Crippen LogP contribution in [0, 0.1) is 12.7 Å². The Bertz CT molecular complexity index is 1550. The molecule has 170 valence electrons. The summed E-state index contributed by atoms with van der Waals surface area (Å²) in [5.41, 5.74) is 1.77. The lowest BCUT2D eigenvalue weighted by molar-refractivity contribution is 0.0952. The zero-order chi connectivity index (χ0) is 23.9. The standard InChI is InChI=1S/C24H13ClF3N3O2S/c1-10-8-16(20(27)28)29-21-17(10)18-19(34-21)24(33)30(11-6-7-15(26)14(25)9-11)22-12-4-2-3-5-13(12)23(32)31(18)22/h2-9,20,22H,1H3/t22-/m0/s1. The fraction of sp³-hybridized carbons (Fsp3) is 0.125. The number of halogens is 4. The third-order valence-electron chi connectivity index (χ3n) is 6.09. The lowest BCUT2D eigenvalue weighted by Crippen LogP contribution is -2.48. The molecule has 0 N–H and O–H groups in total. The van der Waals surface area contributed by atoms with Gasteiger partial charge in [0, 0.05) is 22.2 Å². The molecule has 0 bridgehead atoms. The minimum absolute atomic E-state index is 0.171. The highest BCUT2D eigenvalue weighted by Gasteiger charge is 2.50. The number of benzene rings is 2. The molecule has 1 atom stereocenters. The van der Waals surface area contributed by atoms with Crippen molar-refractivity contribution in [1.82, 2.24) is 4.98 Å². The number of hydrogen-bond donors (Lipinski definition) is 0. The van der Waals surface area contributed by atoms with Crippen LogP contribution >= 0.6 is 22.9 Å². The van der Waals surface area contributed by atoms with E-state index in [1.54, 1.807) is 31.2 Å². The Balaban J connectivity index is 1.67. The van der Waals surface area contributed by atoms with Crippen LogP contribution in [-0.2, 0) is 0 Å². The maximum atomic E-state index is 13.9. The van der Waals surface area contributed by atoms with E-state index in [2.05, 4.69) is 4.98 Å². The van der Waals surface area contributed by atoms with Crippen LogP contribution in [0.25, 0.3) is 10.2 Å². The Morgan fingerprint density at radius 2 is 1.82 bits per heavy atom. The van der Waals surface area contributed by atoms with Gasteiger partial charge in [-0.2, -0.15) is 0 Å². The van der Waals surface area contributed by atoms with Gasteiger partial charge in [0.05, 0.1) is 10.7 Å². The van der Waals surface area contributed by atoms with E-state index in [1.807, 2.05) is 0 Å². The minimum atomic E-state index is -2.78. The van der Waals surface area contributed by atoms with Crippen molar-refractivity contribution >= 4 is 56.3 Å². The molecule has 2 aromatic heterocycles. The third kappa shape index (κ3) is 2.77. The molecular weight excluding hydrogens is 487 g/mol. The summed E-state index contributed by atoms with van der Waals surface area (Å²) >= 11 is 6.97. The van der Waals surface area contributed by atoms with Gasteiger partial charge >= 0.3 is 0 Å². The Morgan fingerprint density at radius 3 is 2.56 bits per heavy atom. The van der Waals surface area contributed by atoms with E-state index in [0.717, 1.165) is 17.4 Å². The molecule has 0 saturated heterocycles. The van der Waals surface area contributed by atoms with E-state index in [-0.39, 0.29) is 20.6 Å². The number of aryl methyl sites for hydroxylation is 1. The molecule has 34 heavy (non-hydrogen) atoms. The molecule has 10 heteroatoms. The first kappa shape index (κ1) is 21.1. The van der Waals surface area contributed by atoms with Crippen molar-refractivity contribution < 1.29 is 22.8 Å². The largest absolute Gasteiger partial charge is 0.282 e. The average Bonchev–Trinajstić information content (AvgIpc) is 3.33. The van der Waals surface area contributed by atoms with Crippen LogP contribution < -0.4 is 9.80 Å². The van der Waals surface area contributed by atoms with Gasteiger partial charge in [-0.15, -0.1) is 11.3 Å². The van der Waals surface area contributed by atoms with E-state index in [4.69, 9.17) is 11.6 Å². The smallest absolute Gasteiger partial charge is 0.280 e. The summed E-state index contributed by atoms with van der Waals surface area (Å²) < 4.78 is 40.7. The topological polar surface area (TPSA) is 53.5 Å². The number of fused-ring (bicyclic) bond motifs is 7. The summed E-state index contributed by atoms with van der Waals surface area (Å²) in [6, 6.07) is 12.1. The van der Waals surface area contributed by atoms with E-state index in [0.29, 0.717) is 33.5 Å². The monoisotopic (exact) mass is 499 g/mol. The molecule has 0 fully saturated rings. The van der Waals surface area contributed by atoms with Crippen LogP contribution in [0.2, 0.25) is 5.02 Å². The van der Waals surface area contributed by atoms with Crippen LogP contribution in [-0.4, -0.2) is 16.8 Å². The van der Waals surface area contributed by atoms with E-state index < -0.39 is 30.0 Å². The molecule has 0 spiro atoms. The van der Waals surface area contributed by atoms with Crippen LogP contribution in [0.15, 0.2) is 48.5 Å². The van der Waals surface area contributed by atoms with Crippen LogP contribution in [0.3, 0.4) is 0 Å². The zero-order valence-electron chi connectivity index (χ0n) is 17.4. The highest BCUT2D eigenvalue weighted by atomic mass is 35.5. The zero-order valence-corrected chi connectivity index (χ0v) is 18.9. The number of nitrogens with zero attached hydrogens (tertiary/aromatic N) is 3. The van der Waals surface area contributed by atoms with Crippen molar-refractivity contribution in [1.29, 1.82) is 0 Å². The first-order chi connectivity index (χ1) is 16.3. The van der Waals surface area contributed by atoms with Gasteiger partial charge in [-0.25, -0.2) is 18.2 Å². The second-order valence-corrected chi connectivity index (χ2v) is 9.44. The highest BCUT2D eigenvalue weighted by molar-refractivity contribution is 7.21. The van der Waals surface area contributed by atoms with Gasteiger partial charge in [0.1, 0.15) is 27.4 Å². The van der Waals surface area contributed by atoms with Crippen molar-refractivity contribution in [2.75, 3.05) is 9.80 Å². The number of amides is 2. The van der Waals surface area contributed by atoms with Gasteiger partial charge < -0.3 is 0 Å². The van der Waals surface area contributed by atoms with Crippen molar-refractivity contribution in [3.05, 3.63) is 86.6 Å². The van der Waals surface area contributed by atoms with Crippen LogP contribution in [0.1, 0.15) is 49.4 Å². The molecule has 4 aromatic rings. The van der Waals surface area contributed by atoms with Crippen LogP contribution in [0.5, 0.6) is 0 Å². The predicted octanol–water partition coefficient (Wildman–Crippen LogP) is 6.65. The Kier molecular flexibility index (Phi) is 4.53. The number of thiophene rings is 1. The molecule has 5 nitrogen and oxygen atoms in total. The minimum Gasteiger partial charge on any atom is -0.282 e. The van der Waals surface area contributed by atoms with E-state index in [9.17, 15) is 22.8 Å². The van der Waals surface area contributed by atoms with E-state index >= 15 is 0 Å². The third-order valence-corrected chi connectivity index (χ3v) is 7.44. The Morgan fingerprint density at radius 1 is 1.06 bits per heavy atom. The summed E-state index contributed by atoms with van der Waals surface area (Å²) in [5, 5.41) is 0.316. The number of carbonyl (C=O) groups is 2. The Hall–Kier alpha value is -3.43. The predicted molar refractivity (Wildman–Crippen MR) is 124 cm³/mol. The molecule has 6 rings (SSSR count). The van der Waals surface area contributed by atoms with Crippen LogP contribution in [0.4, 0.5) is 24.5 Å². The summed E-state index contributed by atoms with van der Waals surface area (Å²) in [6.07, 6.45) is -3.63. The van der Waals surface area contributed by atoms with Gasteiger partial charge in [-0.1, -0.05) is 29.8 Å². The van der Waals surface area contributed by atoms with Gasteiger partial charge in [0.2, 0.25) is 0 Å². The normalized spacial score (nSPS) is 16.9. The molecule has 2 aromatic carbocycles.